The van der Waals surface area contributed by atoms with Gasteiger partial charge in [-0.3, -0.25) is 9.69 Å². The summed E-state index contributed by atoms with van der Waals surface area (Å²) in [5.74, 6) is -0.215. The van der Waals surface area contributed by atoms with Crippen molar-refractivity contribution >= 4 is 23.2 Å². The first-order valence-corrected chi connectivity index (χ1v) is 10.5. The Bertz CT molecular complexity index is 1030. The average molecular weight is 424 g/mol. The SMILES string of the molecule is Cc1ccc(C)n1-c1ccc(Cl)c(C(=O)Nc2cccc(CN3CCOCC3)c2)c1. The molecule has 0 aliphatic carbocycles. The molecule has 3 aromatic rings. The van der Waals surface area contributed by atoms with Crippen molar-refractivity contribution in [2.24, 2.45) is 0 Å². The van der Waals surface area contributed by atoms with Gasteiger partial charge in [0.05, 0.1) is 23.8 Å². The Hall–Kier alpha value is -2.60. The summed E-state index contributed by atoms with van der Waals surface area (Å²) in [6.07, 6.45) is 0. The molecule has 2 aromatic carbocycles. The predicted molar refractivity (Wildman–Crippen MR) is 121 cm³/mol. The minimum absolute atomic E-state index is 0.215. The quantitative estimate of drug-likeness (QED) is 0.639. The number of nitrogens with zero attached hydrogens (tertiary/aromatic N) is 2. The van der Waals surface area contributed by atoms with E-state index in [9.17, 15) is 4.79 Å². The van der Waals surface area contributed by atoms with Gasteiger partial charge in [0, 0.05) is 42.4 Å². The molecule has 0 unspecified atom stereocenters. The number of carbonyl (C=O) groups excluding carboxylic acids is 1. The van der Waals surface area contributed by atoms with E-state index in [0.717, 1.165) is 61.2 Å². The van der Waals surface area contributed by atoms with E-state index in [0.29, 0.717) is 10.6 Å². The molecule has 1 saturated heterocycles. The van der Waals surface area contributed by atoms with Gasteiger partial charge in [0.15, 0.2) is 0 Å². The number of nitrogens with one attached hydrogen (secondary N) is 1. The van der Waals surface area contributed by atoms with Crippen molar-refractivity contribution in [3.05, 3.63) is 82.1 Å². The summed E-state index contributed by atoms with van der Waals surface area (Å²) in [5, 5.41) is 3.44. The van der Waals surface area contributed by atoms with E-state index in [1.165, 1.54) is 0 Å². The molecule has 4 rings (SSSR count). The van der Waals surface area contributed by atoms with Crippen molar-refractivity contribution in [1.29, 1.82) is 0 Å². The van der Waals surface area contributed by atoms with Crippen LogP contribution in [0.3, 0.4) is 0 Å². The number of carbonyl (C=O) groups is 1. The fourth-order valence-electron chi connectivity index (χ4n) is 3.87. The van der Waals surface area contributed by atoms with Crippen LogP contribution in [0.5, 0.6) is 0 Å². The van der Waals surface area contributed by atoms with Gasteiger partial charge in [-0.15, -0.1) is 0 Å². The normalized spacial score (nSPS) is 14.6. The van der Waals surface area contributed by atoms with E-state index >= 15 is 0 Å². The fraction of sp³-hybridized carbons (Fsp3) is 0.292. The summed E-state index contributed by atoms with van der Waals surface area (Å²) < 4.78 is 7.52. The number of morpholine rings is 1. The van der Waals surface area contributed by atoms with Crippen molar-refractivity contribution in [1.82, 2.24) is 9.47 Å². The molecule has 0 bridgehead atoms. The number of benzene rings is 2. The summed E-state index contributed by atoms with van der Waals surface area (Å²) in [7, 11) is 0. The summed E-state index contributed by atoms with van der Waals surface area (Å²) in [5.41, 5.74) is 5.52. The number of halogens is 1. The Morgan fingerprint density at radius 2 is 1.77 bits per heavy atom. The van der Waals surface area contributed by atoms with E-state index < -0.39 is 0 Å². The minimum Gasteiger partial charge on any atom is -0.379 e. The van der Waals surface area contributed by atoms with Crippen LogP contribution in [0.25, 0.3) is 5.69 Å². The Morgan fingerprint density at radius 3 is 2.50 bits per heavy atom. The van der Waals surface area contributed by atoms with Gasteiger partial charge in [-0.2, -0.15) is 0 Å². The lowest BCUT2D eigenvalue weighted by Crippen LogP contribution is -2.35. The van der Waals surface area contributed by atoms with Crippen molar-refractivity contribution in [3.8, 4) is 5.69 Å². The first-order valence-electron chi connectivity index (χ1n) is 10.2. The molecular formula is C24H26ClN3O2. The van der Waals surface area contributed by atoms with Gasteiger partial charge >= 0.3 is 0 Å². The highest BCUT2D eigenvalue weighted by molar-refractivity contribution is 6.34. The molecule has 1 aromatic heterocycles. The third-order valence-electron chi connectivity index (χ3n) is 5.42. The standard InChI is InChI=1S/C24H26ClN3O2/c1-17-6-7-18(2)28(17)21-8-9-23(25)22(15-21)24(29)26-20-5-3-4-19(14-20)16-27-10-12-30-13-11-27/h3-9,14-15H,10-13,16H2,1-2H3,(H,26,29). The highest BCUT2D eigenvalue weighted by atomic mass is 35.5. The lowest BCUT2D eigenvalue weighted by atomic mass is 10.1. The zero-order valence-electron chi connectivity index (χ0n) is 17.3. The molecule has 0 atom stereocenters. The van der Waals surface area contributed by atoms with Gasteiger partial charge in [0.1, 0.15) is 0 Å². The highest BCUT2D eigenvalue weighted by Gasteiger charge is 2.15. The van der Waals surface area contributed by atoms with Crippen LogP contribution in [-0.2, 0) is 11.3 Å². The van der Waals surface area contributed by atoms with Gasteiger partial charge in [0.2, 0.25) is 0 Å². The number of amides is 1. The van der Waals surface area contributed by atoms with E-state index in [1.54, 1.807) is 6.07 Å². The first-order chi connectivity index (χ1) is 14.5. The topological polar surface area (TPSA) is 46.5 Å². The number of aromatic nitrogens is 1. The predicted octanol–water partition coefficient (Wildman–Crippen LogP) is 4.83. The average Bonchev–Trinajstić information content (AvgIpc) is 3.07. The molecule has 2 heterocycles. The van der Waals surface area contributed by atoms with Crippen LogP contribution < -0.4 is 5.32 Å². The third kappa shape index (κ3) is 4.59. The molecule has 0 saturated carbocycles. The molecule has 0 spiro atoms. The molecule has 156 valence electrons. The van der Waals surface area contributed by atoms with Gasteiger partial charge in [-0.05, 0) is 61.9 Å². The van der Waals surface area contributed by atoms with Crippen molar-refractivity contribution in [2.45, 2.75) is 20.4 Å². The zero-order valence-corrected chi connectivity index (χ0v) is 18.1. The number of ether oxygens (including phenoxy) is 1. The second-order valence-corrected chi connectivity index (χ2v) is 8.07. The van der Waals surface area contributed by atoms with Gasteiger partial charge < -0.3 is 14.6 Å². The highest BCUT2D eigenvalue weighted by Crippen LogP contribution is 2.24. The molecule has 0 radical (unpaired) electrons. The van der Waals surface area contributed by atoms with Crippen molar-refractivity contribution < 1.29 is 9.53 Å². The van der Waals surface area contributed by atoms with E-state index in [2.05, 4.69) is 33.0 Å². The minimum atomic E-state index is -0.215. The lowest BCUT2D eigenvalue weighted by Gasteiger charge is -2.26. The Labute approximate surface area is 182 Å². The summed E-state index contributed by atoms with van der Waals surface area (Å²) in [4.78, 5) is 15.3. The van der Waals surface area contributed by atoms with E-state index in [-0.39, 0.29) is 5.91 Å². The molecule has 1 aliphatic heterocycles. The Balaban J connectivity index is 1.53. The molecular weight excluding hydrogens is 398 g/mol. The summed E-state index contributed by atoms with van der Waals surface area (Å²) >= 11 is 6.37. The number of hydrogen-bond acceptors (Lipinski definition) is 3. The van der Waals surface area contributed by atoms with Crippen LogP contribution in [0.15, 0.2) is 54.6 Å². The van der Waals surface area contributed by atoms with Crippen LogP contribution in [0, 0.1) is 13.8 Å². The van der Waals surface area contributed by atoms with Crippen molar-refractivity contribution in [3.63, 3.8) is 0 Å². The molecule has 6 heteroatoms. The number of aryl methyl sites for hydroxylation is 2. The molecule has 30 heavy (non-hydrogen) atoms. The number of hydrogen-bond donors (Lipinski definition) is 1. The fourth-order valence-corrected chi connectivity index (χ4v) is 4.07. The van der Waals surface area contributed by atoms with E-state index in [1.807, 2.05) is 44.2 Å². The van der Waals surface area contributed by atoms with Crippen LogP contribution in [0.4, 0.5) is 5.69 Å². The molecule has 5 nitrogen and oxygen atoms in total. The first kappa shape index (κ1) is 20.7. The smallest absolute Gasteiger partial charge is 0.257 e. The van der Waals surface area contributed by atoms with Gasteiger partial charge in [-0.1, -0.05) is 23.7 Å². The van der Waals surface area contributed by atoms with Crippen LogP contribution in [0.1, 0.15) is 27.3 Å². The second kappa shape index (κ2) is 9.04. The summed E-state index contributed by atoms with van der Waals surface area (Å²) in [6.45, 7) is 8.32. The Kier molecular flexibility index (Phi) is 6.23. The number of anilines is 1. The Morgan fingerprint density at radius 1 is 1.03 bits per heavy atom. The largest absolute Gasteiger partial charge is 0.379 e. The summed E-state index contributed by atoms with van der Waals surface area (Å²) in [6, 6.07) is 17.6. The maximum absolute atomic E-state index is 13.0. The maximum Gasteiger partial charge on any atom is 0.257 e. The van der Waals surface area contributed by atoms with Crippen molar-refractivity contribution in [2.75, 3.05) is 31.6 Å². The second-order valence-electron chi connectivity index (χ2n) is 7.66. The molecule has 1 fully saturated rings. The number of rotatable bonds is 5. The van der Waals surface area contributed by atoms with Crippen LogP contribution >= 0.6 is 11.6 Å². The van der Waals surface area contributed by atoms with Crippen LogP contribution in [0.2, 0.25) is 5.02 Å². The third-order valence-corrected chi connectivity index (χ3v) is 5.75. The molecule has 1 amide bonds. The van der Waals surface area contributed by atoms with Crippen LogP contribution in [-0.4, -0.2) is 41.7 Å². The maximum atomic E-state index is 13.0. The lowest BCUT2D eigenvalue weighted by molar-refractivity contribution is 0.0342. The monoisotopic (exact) mass is 423 g/mol. The molecule has 1 aliphatic rings. The van der Waals surface area contributed by atoms with E-state index in [4.69, 9.17) is 16.3 Å². The van der Waals surface area contributed by atoms with Gasteiger partial charge in [-0.25, -0.2) is 0 Å². The molecule has 1 N–H and O–H groups in total. The van der Waals surface area contributed by atoms with Gasteiger partial charge in [0.25, 0.3) is 5.91 Å². The zero-order chi connectivity index (χ0) is 21.1.